The van der Waals surface area contributed by atoms with Crippen LogP contribution in [0.1, 0.15) is 0 Å². The molecule has 6 nitrogen and oxygen atoms in total. The topological polar surface area (TPSA) is 119 Å². The van der Waals surface area contributed by atoms with Crippen LogP contribution in [-0.2, 0) is 0 Å². The number of aliphatic hydroxyl groups is 4. The van der Waals surface area contributed by atoms with E-state index < -0.39 is 30.6 Å². The maximum absolute atomic E-state index is 9.26. The van der Waals surface area contributed by atoms with E-state index in [9.17, 15) is 5.11 Å². The predicted molar refractivity (Wildman–Crippen MR) is 40.0 cm³/mol. The van der Waals surface area contributed by atoms with Crippen LogP contribution in [0, 0.1) is 0 Å². The molecule has 1 aliphatic heterocycles. The molecule has 0 aromatic rings. The normalized spacial score (nSPS) is 49.2. The quantitative estimate of drug-likeness (QED) is 0.246. The first-order valence-electron chi connectivity index (χ1n) is 3.76. The highest BCUT2D eigenvalue weighted by atomic mass is 16.4. The summed E-state index contributed by atoms with van der Waals surface area (Å²) in [5.41, 5.74) is 5.24. The zero-order valence-corrected chi connectivity index (χ0v) is 6.46. The van der Waals surface area contributed by atoms with Crippen molar-refractivity contribution in [2.75, 3.05) is 6.54 Å². The molecule has 1 fully saturated rings. The SMILES string of the molecule is NCC1NC(O)C(O)C(O)C1O. The van der Waals surface area contributed by atoms with Gasteiger partial charge in [0.2, 0.25) is 0 Å². The van der Waals surface area contributed by atoms with Gasteiger partial charge in [0.25, 0.3) is 0 Å². The maximum atomic E-state index is 9.26. The second-order valence-electron chi connectivity index (χ2n) is 2.93. The largest absolute Gasteiger partial charge is 0.389 e. The average molecular weight is 178 g/mol. The molecular formula is C6H14N2O4. The third kappa shape index (κ3) is 1.58. The summed E-state index contributed by atoms with van der Waals surface area (Å²) in [6.07, 6.45) is -5.11. The van der Waals surface area contributed by atoms with Crippen LogP contribution in [0.3, 0.4) is 0 Å². The number of hydrogen-bond donors (Lipinski definition) is 6. The third-order valence-corrected chi connectivity index (χ3v) is 2.07. The molecule has 5 atom stereocenters. The van der Waals surface area contributed by atoms with Crippen molar-refractivity contribution in [1.29, 1.82) is 0 Å². The molecule has 0 radical (unpaired) electrons. The van der Waals surface area contributed by atoms with Crippen LogP contribution in [0.5, 0.6) is 0 Å². The predicted octanol–water partition coefficient (Wildman–Crippen LogP) is -3.68. The van der Waals surface area contributed by atoms with Gasteiger partial charge in [-0.3, -0.25) is 5.32 Å². The van der Waals surface area contributed by atoms with Crippen molar-refractivity contribution in [2.45, 2.75) is 30.6 Å². The van der Waals surface area contributed by atoms with E-state index in [2.05, 4.69) is 5.32 Å². The van der Waals surface area contributed by atoms with Crippen molar-refractivity contribution in [2.24, 2.45) is 5.73 Å². The monoisotopic (exact) mass is 178 g/mol. The van der Waals surface area contributed by atoms with Crippen LogP contribution < -0.4 is 11.1 Å². The van der Waals surface area contributed by atoms with Crippen molar-refractivity contribution in [1.82, 2.24) is 5.32 Å². The van der Waals surface area contributed by atoms with Crippen molar-refractivity contribution < 1.29 is 20.4 Å². The van der Waals surface area contributed by atoms with Crippen LogP contribution >= 0.6 is 0 Å². The molecule has 0 aromatic heterocycles. The number of piperidine rings is 1. The van der Waals surface area contributed by atoms with Crippen molar-refractivity contribution in [3.63, 3.8) is 0 Å². The zero-order chi connectivity index (χ0) is 9.30. The van der Waals surface area contributed by atoms with Gasteiger partial charge in [0, 0.05) is 6.54 Å². The Balaban J connectivity index is 2.63. The second kappa shape index (κ2) is 3.65. The van der Waals surface area contributed by atoms with Gasteiger partial charge in [0.15, 0.2) is 0 Å². The molecule has 0 bridgehead atoms. The minimum absolute atomic E-state index is 0.0853. The number of rotatable bonds is 1. The summed E-state index contributed by atoms with van der Waals surface area (Å²) in [5, 5.41) is 39.0. The van der Waals surface area contributed by atoms with Crippen LogP contribution in [-0.4, -0.2) is 57.6 Å². The summed E-state index contributed by atoms with van der Waals surface area (Å²) in [6, 6.07) is -0.585. The first-order valence-corrected chi connectivity index (χ1v) is 3.76. The van der Waals surface area contributed by atoms with Crippen LogP contribution in [0.2, 0.25) is 0 Å². The Bertz CT molecular complexity index is 152. The number of aliphatic hydroxyl groups excluding tert-OH is 4. The summed E-state index contributed by atoms with van der Waals surface area (Å²) in [7, 11) is 0. The summed E-state index contributed by atoms with van der Waals surface area (Å²) < 4.78 is 0. The van der Waals surface area contributed by atoms with E-state index in [1.807, 2.05) is 0 Å². The Morgan fingerprint density at radius 1 is 1.00 bits per heavy atom. The first kappa shape index (κ1) is 9.85. The number of nitrogens with one attached hydrogen (secondary N) is 1. The van der Waals surface area contributed by atoms with Gasteiger partial charge in [-0.1, -0.05) is 0 Å². The van der Waals surface area contributed by atoms with Crippen LogP contribution in [0.15, 0.2) is 0 Å². The Morgan fingerprint density at radius 2 is 1.58 bits per heavy atom. The van der Waals surface area contributed by atoms with E-state index in [1.165, 1.54) is 0 Å². The molecule has 1 heterocycles. The summed E-state index contributed by atoms with van der Waals surface area (Å²) in [4.78, 5) is 0. The molecule has 0 saturated carbocycles. The van der Waals surface area contributed by atoms with Gasteiger partial charge in [-0.25, -0.2) is 0 Å². The standard InChI is InChI=1S/C6H14N2O4/c7-1-2-3(9)4(10)5(11)6(12)8-2/h2-6,8-12H,1,7H2. The average Bonchev–Trinajstić information content (AvgIpc) is 2.08. The van der Waals surface area contributed by atoms with E-state index in [4.69, 9.17) is 21.1 Å². The zero-order valence-electron chi connectivity index (χ0n) is 6.46. The van der Waals surface area contributed by atoms with Crippen LogP contribution in [0.25, 0.3) is 0 Å². The molecule has 0 spiro atoms. The molecule has 5 unspecified atom stereocenters. The fraction of sp³-hybridized carbons (Fsp3) is 1.00. The summed E-state index contributed by atoms with van der Waals surface area (Å²) in [5.74, 6) is 0. The lowest BCUT2D eigenvalue weighted by Crippen LogP contribution is -2.66. The van der Waals surface area contributed by atoms with Gasteiger partial charge in [0.1, 0.15) is 18.4 Å². The highest BCUT2D eigenvalue weighted by molar-refractivity contribution is 4.94. The Kier molecular flexibility index (Phi) is 2.99. The molecule has 6 heteroatoms. The van der Waals surface area contributed by atoms with Gasteiger partial charge >= 0.3 is 0 Å². The van der Waals surface area contributed by atoms with Crippen molar-refractivity contribution in [3.8, 4) is 0 Å². The van der Waals surface area contributed by atoms with E-state index in [1.54, 1.807) is 0 Å². The first-order chi connectivity index (χ1) is 5.57. The van der Waals surface area contributed by atoms with Gasteiger partial charge in [0.05, 0.1) is 12.1 Å². The van der Waals surface area contributed by atoms with Gasteiger partial charge in [-0.15, -0.1) is 0 Å². The maximum Gasteiger partial charge on any atom is 0.134 e. The Hall–Kier alpha value is -0.240. The van der Waals surface area contributed by atoms with Crippen molar-refractivity contribution in [3.05, 3.63) is 0 Å². The highest BCUT2D eigenvalue weighted by Gasteiger charge is 2.40. The van der Waals surface area contributed by atoms with E-state index in [-0.39, 0.29) is 6.54 Å². The molecular weight excluding hydrogens is 164 g/mol. The lowest BCUT2D eigenvalue weighted by Gasteiger charge is -2.38. The molecule has 1 rings (SSSR count). The Labute approximate surface area is 69.6 Å². The fourth-order valence-corrected chi connectivity index (χ4v) is 1.25. The van der Waals surface area contributed by atoms with Crippen LogP contribution in [0.4, 0.5) is 0 Å². The third-order valence-electron chi connectivity index (χ3n) is 2.07. The molecule has 1 aliphatic rings. The Morgan fingerprint density at radius 3 is 2.08 bits per heavy atom. The van der Waals surface area contributed by atoms with E-state index >= 15 is 0 Å². The lowest BCUT2D eigenvalue weighted by molar-refractivity contribution is -0.155. The number of nitrogens with two attached hydrogens (primary N) is 1. The smallest absolute Gasteiger partial charge is 0.134 e. The molecule has 0 aromatic carbocycles. The molecule has 1 saturated heterocycles. The molecule has 0 amide bonds. The molecule has 0 aliphatic carbocycles. The minimum Gasteiger partial charge on any atom is -0.389 e. The molecule has 72 valence electrons. The van der Waals surface area contributed by atoms with E-state index in [0.717, 1.165) is 0 Å². The van der Waals surface area contributed by atoms with Gasteiger partial charge in [-0.2, -0.15) is 0 Å². The van der Waals surface area contributed by atoms with Gasteiger partial charge in [-0.05, 0) is 0 Å². The molecule has 12 heavy (non-hydrogen) atoms. The fourth-order valence-electron chi connectivity index (χ4n) is 1.25. The lowest BCUT2D eigenvalue weighted by atomic mass is 9.95. The highest BCUT2D eigenvalue weighted by Crippen LogP contribution is 2.13. The molecule has 7 N–H and O–H groups in total. The van der Waals surface area contributed by atoms with E-state index in [0.29, 0.717) is 0 Å². The summed E-state index contributed by atoms with van der Waals surface area (Å²) in [6.45, 7) is 0.0853. The minimum atomic E-state index is -1.37. The van der Waals surface area contributed by atoms with Crippen molar-refractivity contribution >= 4 is 0 Å². The summed E-state index contributed by atoms with van der Waals surface area (Å²) >= 11 is 0. The number of hydrogen-bond acceptors (Lipinski definition) is 6. The second-order valence-corrected chi connectivity index (χ2v) is 2.93. The van der Waals surface area contributed by atoms with Gasteiger partial charge < -0.3 is 26.2 Å².